The maximum Gasteiger partial charge on any atom is 0.338 e. The number of nitrogens with zero attached hydrogens (tertiary/aromatic N) is 1. The lowest BCUT2D eigenvalue weighted by Gasteiger charge is -2.33. The lowest BCUT2D eigenvalue weighted by molar-refractivity contribution is -0.129. The maximum absolute atomic E-state index is 12.5. The van der Waals surface area contributed by atoms with E-state index in [1.165, 1.54) is 18.4 Å². The first-order valence-corrected chi connectivity index (χ1v) is 10.9. The predicted molar refractivity (Wildman–Crippen MR) is 114 cm³/mol. The number of carbonyl (C=O) groups excluding carboxylic acids is 3. The summed E-state index contributed by atoms with van der Waals surface area (Å²) in [5.41, 5.74) is 3.25. The number of hydrogen-bond donors (Lipinski definition) is 2. The van der Waals surface area contributed by atoms with Gasteiger partial charge in [0.15, 0.2) is 6.10 Å². The van der Waals surface area contributed by atoms with Crippen LogP contribution in [0.5, 0.6) is 0 Å². The quantitative estimate of drug-likeness (QED) is 0.555. The van der Waals surface area contributed by atoms with Gasteiger partial charge in [-0.25, -0.2) is 4.79 Å². The van der Waals surface area contributed by atoms with Crippen LogP contribution in [-0.2, 0) is 14.3 Å². The van der Waals surface area contributed by atoms with Gasteiger partial charge >= 0.3 is 5.97 Å². The Morgan fingerprint density at radius 2 is 2.17 bits per heavy atom. The zero-order valence-corrected chi connectivity index (χ0v) is 17.4. The fraction of sp³-hybridized carbons (Fsp3) is 0.522. The molecule has 0 bridgehead atoms. The van der Waals surface area contributed by atoms with E-state index in [0.29, 0.717) is 17.8 Å². The Kier molecular flexibility index (Phi) is 6.06. The van der Waals surface area contributed by atoms with Crippen molar-refractivity contribution in [2.45, 2.75) is 64.0 Å². The Balaban J connectivity index is 1.32. The van der Waals surface area contributed by atoms with Gasteiger partial charge < -0.3 is 20.3 Å². The molecule has 2 aliphatic heterocycles. The minimum absolute atomic E-state index is 0.0358. The molecule has 7 heteroatoms. The van der Waals surface area contributed by atoms with Crippen LogP contribution in [0.3, 0.4) is 0 Å². The minimum Gasteiger partial charge on any atom is -0.449 e. The molecule has 30 heavy (non-hydrogen) atoms. The molecular weight excluding hydrogens is 382 g/mol. The third-order valence-corrected chi connectivity index (χ3v) is 6.14. The summed E-state index contributed by atoms with van der Waals surface area (Å²) in [6.45, 7) is 2.96. The second-order valence-corrected chi connectivity index (χ2v) is 8.27. The lowest BCUT2D eigenvalue weighted by atomic mass is 9.97. The van der Waals surface area contributed by atoms with Crippen molar-refractivity contribution in [1.29, 1.82) is 0 Å². The zero-order chi connectivity index (χ0) is 21.1. The summed E-state index contributed by atoms with van der Waals surface area (Å²) in [6.07, 6.45) is 8.73. The van der Waals surface area contributed by atoms with Crippen molar-refractivity contribution >= 4 is 29.2 Å². The van der Waals surface area contributed by atoms with E-state index in [-0.39, 0.29) is 17.9 Å². The molecule has 7 nitrogen and oxygen atoms in total. The van der Waals surface area contributed by atoms with Gasteiger partial charge in [-0.15, -0.1) is 0 Å². The van der Waals surface area contributed by atoms with E-state index in [0.717, 1.165) is 44.3 Å². The molecule has 3 aliphatic rings. The van der Waals surface area contributed by atoms with Crippen molar-refractivity contribution in [3.05, 3.63) is 35.4 Å². The monoisotopic (exact) mass is 411 g/mol. The first-order valence-electron chi connectivity index (χ1n) is 10.9. The van der Waals surface area contributed by atoms with Crippen LogP contribution in [0.2, 0.25) is 0 Å². The lowest BCUT2D eigenvalue weighted by Crippen LogP contribution is -2.44. The van der Waals surface area contributed by atoms with Gasteiger partial charge in [-0.1, -0.05) is 11.6 Å². The average molecular weight is 412 g/mol. The van der Waals surface area contributed by atoms with Crippen LogP contribution in [0.25, 0.3) is 0 Å². The third kappa shape index (κ3) is 4.35. The molecule has 0 unspecified atom stereocenters. The van der Waals surface area contributed by atoms with Crippen molar-refractivity contribution in [3.63, 3.8) is 0 Å². The molecule has 160 valence electrons. The molecule has 4 rings (SSSR count). The second-order valence-electron chi connectivity index (χ2n) is 8.27. The maximum atomic E-state index is 12.5. The highest BCUT2D eigenvalue weighted by atomic mass is 16.5. The molecule has 2 N–H and O–H groups in total. The smallest absolute Gasteiger partial charge is 0.338 e. The SMILES string of the molecule is C[C@H](OC(=O)c1ccc2c(c1)NC(=O)[C@H]1CCCN21)C(=O)NCCC1=CCCCC1. The Hall–Kier alpha value is -2.83. The molecule has 0 radical (unpaired) electrons. The van der Waals surface area contributed by atoms with E-state index in [2.05, 4.69) is 21.6 Å². The van der Waals surface area contributed by atoms with Crippen molar-refractivity contribution < 1.29 is 19.1 Å². The van der Waals surface area contributed by atoms with E-state index in [1.54, 1.807) is 19.1 Å². The van der Waals surface area contributed by atoms with Crippen molar-refractivity contribution in [2.24, 2.45) is 0 Å². The summed E-state index contributed by atoms with van der Waals surface area (Å²) >= 11 is 0. The molecule has 1 aliphatic carbocycles. The fourth-order valence-electron chi connectivity index (χ4n) is 4.46. The Labute approximate surface area is 176 Å². The van der Waals surface area contributed by atoms with E-state index in [9.17, 15) is 14.4 Å². The molecular formula is C23H29N3O4. The summed E-state index contributed by atoms with van der Waals surface area (Å²) in [6, 6.07) is 5.04. The number of amides is 2. The van der Waals surface area contributed by atoms with Gasteiger partial charge in [0.1, 0.15) is 6.04 Å². The van der Waals surface area contributed by atoms with Crippen LogP contribution in [0.1, 0.15) is 62.2 Å². The number of hydrogen-bond acceptors (Lipinski definition) is 5. The average Bonchev–Trinajstić information content (AvgIpc) is 3.25. The summed E-state index contributed by atoms with van der Waals surface area (Å²) in [7, 11) is 0. The number of carbonyl (C=O) groups is 3. The van der Waals surface area contributed by atoms with Gasteiger partial charge in [0, 0.05) is 13.1 Å². The number of fused-ring (bicyclic) bond motifs is 3. The second kappa shape index (κ2) is 8.90. The van der Waals surface area contributed by atoms with E-state index in [1.807, 2.05) is 6.07 Å². The molecule has 2 atom stereocenters. The topological polar surface area (TPSA) is 87.7 Å². The normalized spacial score (nSPS) is 21.1. The number of benzene rings is 1. The Bertz CT molecular complexity index is 879. The van der Waals surface area contributed by atoms with Gasteiger partial charge in [-0.3, -0.25) is 9.59 Å². The van der Waals surface area contributed by atoms with Crippen LogP contribution in [0.15, 0.2) is 29.8 Å². The molecule has 1 saturated heterocycles. The standard InChI is InChI=1S/C23H29N3O4/c1-15(21(27)24-12-11-16-6-3-2-4-7-16)30-23(29)17-9-10-19-18(14-17)25-22(28)20-8-5-13-26(19)20/h6,9-10,14-15,20H,2-5,7-8,11-13H2,1H3,(H,24,27)(H,25,28)/t15-,20+/m0/s1. The summed E-state index contributed by atoms with van der Waals surface area (Å²) in [5, 5.41) is 5.74. The largest absolute Gasteiger partial charge is 0.449 e. The number of esters is 1. The van der Waals surface area contributed by atoms with Crippen molar-refractivity contribution in [1.82, 2.24) is 5.32 Å². The highest BCUT2D eigenvalue weighted by molar-refractivity contribution is 6.05. The molecule has 0 aromatic heterocycles. The summed E-state index contributed by atoms with van der Waals surface area (Å²) in [4.78, 5) is 39.2. The first kappa shape index (κ1) is 20.4. The van der Waals surface area contributed by atoms with E-state index >= 15 is 0 Å². The van der Waals surface area contributed by atoms with Crippen LogP contribution in [-0.4, -0.2) is 43.0 Å². The molecule has 1 aromatic carbocycles. The van der Waals surface area contributed by atoms with E-state index in [4.69, 9.17) is 4.74 Å². The number of ether oxygens (including phenoxy) is 1. The van der Waals surface area contributed by atoms with Gasteiger partial charge in [-0.05, 0) is 70.1 Å². The van der Waals surface area contributed by atoms with Gasteiger partial charge in [0.05, 0.1) is 16.9 Å². The number of rotatable bonds is 6. The van der Waals surface area contributed by atoms with Crippen LogP contribution >= 0.6 is 0 Å². The molecule has 1 aromatic rings. The molecule has 0 spiro atoms. The Morgan fingerprint density at radius 3 is 2.97 bits per heavy atom. The molecule has 2 amide bonds. The van der Waals surface area contributed by atoms with Gasteiger partial charge in [-0.2, -0.15) is 0 Å². The number of nitrogens with one attached hydrogen (secondary N) is 2. The van der Waals surface area contributed by atoms with Crippen molar-refractivity contribution in [3.8, 4) is 0 Å². The van der Waals surface area contributed by atoms with Crippen molar-refractivity contribution in [2.75, 3.05) is 23.3 Å². The van der Waals surface area contributed by atoms with Gasteiger partial charge in [0.2, 0.25) is 5.91 Å². The van der Waals surface area contributed by atoms with Crippen LogP contribution < -0.4 is 15.5 Å². The summed E-state index contributed by atoms with van der Waals surface area (Å²) in [5.74, 6) is -0.912. The fourth-order valence-corrected chi connectivity index (χ4v) is 4.46. The number of allylic oxidation sites excluding steroid dienone is 1. The van der Waals surface area contributed by atoms with E-state index < -0.39 is 12.1 Å². The minimum atomic E-state index is -0.883. The van der Waals surface area contributed by atoms with Crippen LogP contribution in [0, 0.1) is 0 Å². The summed E-state index contributed by atoms with van der Waals surface area (Å²) < 4.78 is 5.35. The molecule has 2 heterocycles. The third-order valence-electron chi connectivity index (χ3n) is 6.14. The predicted octanol–water partition coefficient (Wildman–Crippen LogP) is 3.16. The zero-order valence-electron chi connectivity index (χ0n) is 17.4. The number of anilines is 2. The molecule has 1 fully saturated rings. The highest BCUT2D eigenvalue weighted by Crippen LogP contribution is 2.37. The molecule has 0 saturated carbocycles. The van der Waals surface area contributed by atoms with Gasteiger partial charge in [0.25, 0.3) is 5.91 Å². The highest BCUT2D eigenvalue weighted by Gasteiger charge is 2.36. The first-order chi connectivity index (χ1) is 14.5. The Morgan fingerprint density at radius 1 is 1.30 bits per heavy atom. The van der Waals surface area contributed by atoms with Crippen LogP contribution in [0.4, 0.5) is 11.4 Å².